The van der Waals surface area contributed by atoms with Crippen molar-refractivity contribution in [2.24, 2.45) is 5.41 Å². The second-order valence-corrected chi connectivity index (χ2v) is 5.95. The van der Waals surface area contributed by atoms with Crippen LogP contribution in [0.15, 0.2) is 0 Å². The number of ether oxygens (including phenoxy) is 1. The molecule has 3 heteroatoms. The van der Waals surface area contributed by atoms with E-state index in [1.807, 2.05) is 0 Å². The van der Waals surface area contributed by atoms with Gasteiger partial charge in [-0.25, -0.2) is 0 Å². The van der Waals surface area contributed by atoms with Crippen molar-refractivity contribution in [1.82, 2.24) is 5.32 Å². The van der Waals surface area contributed by atoms with Crippen molar-refractivity contribution in [2.45, 2.75) is 64.5 Å². The van der Waals surface area contributed by atoms with Crippen LogP contribution in [-0.4, -0.2) is 24.7 Å². The lowest BCUT2D eigenvalue weighted by Crippen LogP contribution is -2.36. The summed E-state index contributed by atoms with van der Waals surface area (Å²) in [5.74, 6) is -0.0257. The number of esters is 1. The standard InChI is InChI=1S/C13H23NO2/c1-13(2)7-5-10(6-8-13)16-12(15)11-4-3-9-14-11/h10-11,14H,3-9H2,1-2H3. The Morgan fingerprint density at radius 1 is 1.25 bits per heavy atom. The highest BCUT2D eigenvalue weighted by molar-refractivity contribution is 5.76. The molecule has 2 fully saturated rings. The van der Waals surface area contributed by atoms with Gasteiger partial charge in [0, 0.05) is 0 Å². The fraction of sp³-hybridized carbons (Fsp3) is 0.923. The average molecular weight is 225 g/mol. The summed E-state index contributed by atoms with van der Waals surface area (Å²) in [6.45, 7) is 5.55. The Hall–Kier alpha value is -0.570. The summed E-state index contributed by atoms with van der Waals surface area (Å²) in [5, 5.41) is 3.19. The van der Waals surface area contributed by atoms with E-state index in [9.17, 15) is 4.79 Å². The van der Waals surface area contributed by atoms with E-state index in [2.05, 4.69) is 19.2 Å². The van der Waals surface area contributed by atoms with Crippen LogP contribution in [0.1, 0.15) is 52.4 Å². The first-order valence-electron chi connectivity index (χ1n) is 6.51. The summed E-state index contributed by atoms with van der Waals surface area (Å²) in [6.07, 6.45) is 6.61. The summed E-state index contributed by atoms with van der Waals surface area (Å²) >= 11 is 0. The molecule has 92 valence electrons. The Morgan fingerprint density at radius 3 is 2.50 bits per heavy atom. The zero-order valence-electron chi connectivity index (χ0n) is 10.4. The monoisotopic (exact) mass is 225 g/mol. The van der Waals surface area contributed by atoms with Gasteiger partial charge in [0.2, 0.25) is 0 Å². The van der Waals surface area contributed by atoms with Crippen LogP contribution in [0.5, 0.6) is 0 Å². The van der Waals surface area contributed by atoms with Gasteiger partial charge in [-0.15, -0.1) is 0 Å². The zero-order valence-corrected chi connectivity index (χ0v) is 10.4. The fourth-order valence-electron chi connectivity index (χ4n) is 2.62. The van der Waals surface area contributed by atoms with Crippen LogP contribution < -0.4 is 5.32 Å². The lowest BCUT2D eigenvalue weighted by molar-refractivity contribution is -0.153. The number of rotatable bonds is 2. The molecule has 0 aromatic rings. The van der Waals surface area contributed by atoms with Gasteiger partial charge in [-0.2, -0.15) is 0 Å². The number of hydrogen-bond acceptors (Lipinski definition) is 3. The maximum Gasteiger partial charge on any atom is 0.323 e. The molecule has 0 aromatic heterocycles. The van der Waals surface area contributed by atoms with Gasteiger partial charge in [0.05, 0.1) is 0 Å². The van der Waals surface area contributed by atoms with E-state index >= 15 is 0 Å². The maximum absolute atomic E-state index is 11.8. The molecular weight excluding hydrogens is 202 g/mol. The highest BCUT2D eigenvalue weighted by Crippen LogP contribution is 2.36. The fourth-order valence-corrected chi connectivity index (χ4v) is 2.62. The summed E-state index contributed by atoms with van der Waals surface area (Å²) in [5.41, 5.74) is 0.439. The topological polar surface area (TPSA) is 38.3 Å². The van der Waals surface area contributed by atoms with Crippen LogP contribution in [0.4, 0.5) is 0 Å². The van der Waals surface area contributed by atoms with Crippen molar-refractivity contribution >= 4 is 5.97 Å². The zero-order chi connectivity index (χ0) is 11.6. The molecule has 1 saturated heterocycles. The highest BCUT2D eigenvalue weighted by atomic mass is 16.5. The van der Waals surface area contributed by atoms with Crippen LogP contribution in [0.25, 0.3) is 0 Å². The van der Waals surface area contributed by atoms with Crippen molar-refractivity contribution in [3.63, 3.8) is 0 Å². The summed E-state index contributed by atoms with van der Waals surface area (Å²) in [7, 11) is 0. The van der Waals surface area contributed by atoms with Gasteiger partial charge in [-0.3, -0.25) is 4.79 Å². The second-order valence-electron chi connectivity index (χ2n) is 5.95. The third-order valence-electron chi connectivity index (χ3n) is 3.91. The molecule has 1 aliphatic heterocycles. The van der Waals surface area contributed by atoms with E-state index in [1.165, 1.54) is 12.8 Å². The molecule has 1 aliphatic carbocycles. The molecule has 1 saturated carbocycles. The van der Waals surface area contributed by atoms with Gasteiger partial charge in [0.1, 0.15) is 12.1 Å². The van der Waals surface area contributed by atoms with E-state index in [0.717, 1.165) is 32.2 Å². The van der Waals surface area contributed by atoms with Crippen LogP contribution >= 0.6 is 0 Å². The Labute approximate surface area is 97.9 Å². The Bertz CT molecular complexity index is 247. The molecule has 1 unspecified atom stereocenters. The first-order chi connectivity index (χ1) is 7.57. The third-order valence-corrected chi connectivity index (χ3v) is 3.91. The van der Waals surface area contributed by atoms with Crippen LogP contribution in [-0.2, 0) is 9.53 Å². The Morgan fingerprint density at radius 2 is 1.94 bits per heavy atom. The van der Waals surface area contributed by atoms with Crippen molar-refractivity contribution in [3.05, 3.63) is 0 Å². The smallest absolute Gasteiger partial charge is 0.323 e. The Balaban J connectivity index is 1.76. The number of carbonyl (C=O) groups excluding carboxylic acids is 1. The summed E-state index contributed by atoms with van der Waals surface area (Å²) in [6, 6.07) is -0.0325. The SMILES string of the molecule is CC1(C)CCC(OC(=O)C2CCCN2)CC1. The molecule has 0 bridgehead atoms. The molecule has 1 heterocycles. The van der Waals surface area contributed by atoms with Gasteiger partial charge in [0.15, 0.2) is 0 Å². The minimum atomic E-state index is -0.0325. The summed E-state index contributed by atoms with van der Waals surface area (Å²) < 4.78 is 5.57. The molecule has 2 rings (SSSR count). The minimum Gasteiger partial charge on any atom is -0.461 e. The van der Waals surface area contributed by atoms with Gasteiger partial charge in [0.25, 0.3) is 0 Å². The van der Waals surface area contributed by atoms with Crippen LogP contribution in [0, 0.1) is 5.41 Å². The quantitative estimate of drug-likeness (QED) is 0.733. The molecule has 3 nitrogen and oxygen atoms in total. The normalized spacial score (nSPS) is 30.2. The molecule has 16 heavy (non-hydrogen) atoms. The van der Waals surface area contributed by atoms with Crippen molar-refractivity contribution < 1.29 is 9.53 Å². The molecule has 0 amide bonds. The Kier molecular flexibility index (Phi) is 3.53. The predicted molar refractivity (Wildman–Crippen MR) is 63.2 cm³/mol. The molecule has 0 spiro atoms. The van der Waals surface area contributed by atoms with Crippen molar-refractivity contribution in [2.75, 3.05) is 6.54 Å². The lowest BCUT2D eigenvalue weighted by atomic mass is 9.76. The third kappa shape index (κ3) is 2.97. The maximum atomic E-state index is 11.8. The first-order valence-corrected chi connectivity index (χ1v) is 6.51. The first kappa shape index (κ1) is 11.9. The molecule has 1 N–H and O–H groups in total. The molecule has 2 aliphatic rings. The van der Waals surface area contributed by atoms with Gasteiger partial charge >= 0.3 is 5.97 Å². The largest absolute Gasteiger partial charge is 0.461 e. The lowest BCUT2D eigenvalue weighted by Gasteiger charge is -2.34. The van der Waals surface area contributed by atoms with Crippen LogP contribution in [0.3, 0.4) is 0 Å². The highest BCUT2D eigenvalue weighted by Gasteiger charge is 2.31. The van der Waals surface area contributed by atoms with E-state index < -0.39 is 0 Å². The van der Waals surface area contributed by atoms with E-state index in [1.54, 1.807) is 0 Å². The van der Waals surface area contributed by atoms with Gasteiger partial charge in [-0.05, 0) is 50.5 Å². The van der Waals surface area contributed by atoms with E-state index in [0.29, 0.717) is 5.41 Å². The minimum absolute atomic E-state index is 0.0257. The van der Waals surface area contributed by atoms with Crippen molar-refractivity contribution in [1.29, 1.82) is 0 Å². The number of hydrogen-bond donors (Lipinski definition) is 1. The van der Waals surface area contributed by atoms with Gasteiger partial charge < -0.3 is 10.1 Å². The van der Waals surface area contributed by atoms with E-state index in [-0.39, 0.29) is 18.1 Å². The summed E-state index contributed by atoms with van der Waals surface area (Å²) in [4.78, 5) is 11.8. The number of carbonyl (C=O) groups is 1. The van der Waals surface area contributed by atoms with Gasteiger partial charge in [-0.1, -0.05) is 13.8 Å². The van der Waals surface area contributed by atoms with E-state index in [4.69, 9.17) is 4.74 Å². The number of nitrogens with one attached hydrogen (secondary N) is 1. The average Bonchev–Trinajstić information content (AvgIpc) is 2.74. The van der Waals surface area contributed by atoms with Crippen LogP contribution in [0.2, 0.25) is 0 Å². The van der Waals surface area contributed by atoms with Crippen molar-refractivity contribution in [3.8, 4) is 0 Å². The molecular formula is C13H23NO2. The second kappa shape index (κ2) is 4.74. The predicted octanol–water partition coefficient (Wildman–Crippen LogP) is 2.25. The molecule has 1 atom stereocenters. The molecule has 0 aromatic carbocycles. The molecule has 0 radical (unpaired) electrons.